The predicted octanol–water partition coefficient (Wildman–Crippen LogP) is 7.04. The lowest BCUT2D eigenvalue weighted by molar-refractivity contribution is -0.114. The zero-order chi connectivity index (χ0) is 21.9. The number of hydrogen-bond donors (Lipinski definition) is 0. The highest BCUT2D eigenvalue weighted by molar-refractivity contribution is 6.11. The van der Waals surface area contributed by atoms with Gasteiger partial charge in [-0.2, -0.15) is 0 Å². The Morgan fingerprint density at radius 2 is 1.50 bits per heavy atom. The van der Waals surface area contributed by atoms with Gasteiger partial charge in [-0.15, -0.1) is 6.58 Å². The summed E-state index contributed by atoms with van der Waals surface area (Å²) < 4.78 is 5.92. The number of rotatable bonds is 6. The van der Waals surface area contributed by atoms with E-state index in [0.717, 1.165) is 28.0 Å². The minimum Gasteiger partial charge on any atom is -0.489 e. The van der Waals surface area contributed by atoms with Gasteiger partial charge in [-0.3, -0.25) is 4.79 Å². The summed E-state index contributed by atoms with van der Waals surface area (Å²) in [5.74, 6) is 1.02. The fourth-order valence-electron chi connectivity index (χ4n) is 3.63. The van der Waals surface area contributed by atoms with Gasteiger partial charge in [0, 0.05) is 22.5 Å². The summed E-state index contributed by atoms with van der Waals surface area (Å²) in [6.45, 7) is 14.9. The van der Waals surface area contributed by atoms with Crippen LogP contribution >= 0.6 is 0 Å². The quantitative estimate of drug-likeness (QED) is 0.486. The number of ether oxygens (including phenoxy) is 1. The van der Waals surface area contributed by atoms with E-state index in [4.69, 9.17) is 4.74 Å². The summed E-state index contributed by atoms with van der Waals surface area (Å²) in [4.78, 5) is 13.2. The molecular weight excluding hydrogens is 368 g/mol. The van der Waals surface area contributed by atoms with Crippen molar-refractivity contribution >= 4 is 5.78 Å². The Bertz CT molecular complexity index is 968. The van der Waals surface area contributed by atoms with Crippen LogP contribution in [-0.2, 0) is 11.4 Å². The van der Waals surface area contributed by atoms with Gasteiger partial charge in [0.1, 0.15) is 12.4 Å². The highest BCUT2D eigenvalue weighted by atomic mass is 16.5. The molecule has 2 aromatic rings. The molecule has 1 unspecified atom stereocenters. The highest BCUT2D eigenvalue weighted by Crippen LogP contribution is 2.42. The molecule has 0 amide bonds. The second-order valence-corrected chi connectivity index (χ2v) is 9.53. The van der Waals surface area contributed by atoms with Crippen molar-refractivity contribution in [3.63, 3.8) is 0 Å². The standard InChI is InChI=1S/C28H32O2/c1-7-28(5,6)25-18-22(17-24(26(25)29)27(2,3)4)21-13-15-23(16-14-21)30-19-20-11-9-8-10-12-20/h7-18,22H,1,19H2,2-6H3. The van der Waals surface area contributed by atoms with Gasteiger partial charge in [-0.05, 0) is 28.7 Å². The van der Waals surface area contributed by atoms with Gasteiger partial charge in [0.2, 0.25) is 0 Å². The molecule has 1 aliphatic carbocycles. The van der Waals surface area contributed by atoms with E-state index in [1.165, 1.54) is 0 Å². The van der Waals surface area contributed by atoms with Crippen molar-refractivity contribution in [3.05, 3.63) is 102 Å². The number of carbonyl (C=O) groups is 1. The first kappa shape index (κ1) is 21.8. The third-order valence-electron chi connectivity index (χ3n) is 5.71. The van der Waals surface area contributed by atoms with E-state index in [0.29, 0.717) is 6.61 Å². The minimum atomic E-state index is -0.376. The van der Waals surface area contributed by atoms with Crippen LogP contribution in [-0.4, -0.2) is 5.78 Å². The lowest BCUT2D eigenvalue weighted by Crippen LogP contribution is -2.29. The molecule has 156 valence electrons. The van der Waals surface area contributed by atoms with Crippen molar-refractivity contribution in [1.29, 1.82) is 0 Å². The molecule has 0 saturated heterocycles. The smallest absolute Gasteiger partial charge is 0.185 e. The van der Waals surface area contributed by atoms with Crippen molar-refractivity contribution in [1.82, 2.24) is 0 Å². The molecule has 0 spiro atoms. The summed E-state index contributed by atoms with van der Waals surface area (Å²) in [5, 5.41) is 0. The molecule has 2 aromatic carbocycles. The van der Waals surface area contributed by atoms with Crippen LogP contribution in [0.25, 0.3) is 0 Å². The van der Waals surface area contributed by atoms with E-state index in [1.54, 1.807) is 0 Å². The SMILES string of the molecule is C=CC(C)(C)C1=CC(c2ccc(OCc3ccccc3)cc2)C=C(C(C)(C)C)C1=O. The zero-order valence-corrected chi connectivity index (χ0v) is 18.7. The van der Waals surface area contributed by atoms with Gasteiger partial charge in [0.25, 0.3) is 0 Å². The summed E-state index contributed by atoms with van der Waals surface area (Å²) in [5.41, 5.74) is 3.38. The summed E-state index contributed by atoms with van der Waals surface area (Å²) in [6, 6.07) is 18.3. The molecular formula is C28H32O2. The molecule has 2 heteroatoms. The second-order valence-electron chi connectivity index (χ2n) is 9.53. The van der Waals surface area contributed by atoms with Crippen LogP contribution in [0.2, 0.25) is 0 Å². The van der Waals surface area contributed by atoms with Crippen molar-refractivity contribution in [2.75, 3.05) is 0 Å². The Morgan fingerprint density at radius 3 is 2.07 bits per heavy atom. The summed E-state index contributed by atoms with van der Waals surface area (Å²) in [7, 11) is 0. The van der Waals surface area contributed by atoms with Crippen molar-refractivity contribution in [3.8, 4) is 5.75 Å². The van der Waals surface area contributed by atoms with Crippen LogP contribution in [0.3, 0.4) is 0 Å². The maximum Gasteiger partial charge on any atom is 0.185 e. The van der Waals surface area contributed by atoms with Crippen LogP contribution in [0.15, 0.2) is 90.6 Å². The third-order valence-corrected chi connectivity index (χ3v) is 5.71. The number of carbonyl (C=O) groups excluding carboxylic acids is 1. The number of allylic oxidation sites excluding steroid dienone is 5. The average molecular weight is 401 g/mol. The monoisotopic (exact) mass is 400 g/mol. The lowest BCUT2D eigenvalue weighted by Gasteiger charge is -2.33. The highest BCUT2D eigenvalue weighted by Gasteiger charge is 2.36. The first-order chi connectivity index (χ1) is 14.1. The Morgan fingerprint density at radius 1 is 0.900 bits per heavy atom. The molecule has 1 aliphatic rings. The number of benzene rings is 2. The Kier molecular flexibility index (Phi) is 6.17. The molecule has 0 fully saturated rings. The van der Waals surface area contributed by atoms with Crippen molar-refractivity contribution in [2.45, 2.75) is 47.1 Å². The minimum absolute atomic E-state index is 0.0503. The number of hydrogen-bond acceptors (Lipinski definition) is 2. The maximum atomic E-state index is 13.2. The zero-order valence-electron chi connectivity index (χ0n) is 18.7. The van der Waals surface area contributed by atoms with E-state index in [9.17, 15) is 4.79 Å². The fourth-order valence-corrected chi connectivity index (χ4v) is 3.63. The van der Waals surface area contributed by atoms with Crippen LogP contribution in [0.4, 0.5) is 0 Å². The fraction of sp³-hybridized carbons (Fsp3) is 0.321. The summed E-state index contributed by atoms with van der Waals surface area (Å²) >= 11 is 0. The maximum absolute atomic E-state index is 13.2. The largest absolute Gasteiger partial charge is 0.489 e. The van der Waals surface area contributed by atoms with E-state index < -0.39 is 0 Å². The van der Waals surface area contributed by atoms with Crippen LogP contribution < -0.4 is 4.74 Å². The summed E-state index contributed by atoms with van der Waals surface area (Å²) in [6.07, 6.45) is 6.07. The molecule has 3 rings (SSSR count). The van der Waals surface area contributed by atoms with E-state index >= 15 is 0 Å². The van der Waals surface area contributed by atoms with E-state index in [1.807, 2.05) is 50.3 Å². The molecule has 0 N–H and O–H groups in total. The molecule has 1 atom stereocenters. The van der Waals surface area contributed by atoms with Crippen LogP contribution in [0.5, 0.6) is 5.75 Å². The lowest BCUT2D eigenvalue weighted by atomic mass is 9.69. The van der Waals surface area contributed by atoms with E-state index in [2.05, 4.69) is 63.8 Å². The van der Waals surface area contributed by atoms with Gasteiger partial charge >= 0.3 is 0 Å². The van der Waals surface area contributed by atoms with Crippen LogP contribution in [0, 0.1) is 10.8 Å². The van der Waals surface area contributed by atoms with Gasteiger partial charge in [0.15, 0.2) is 5.78 Å². The van der Waals surface area contributed by atoms with Gasteiger partial charge in [-0.1, -0.05) is 95.3 Å². The third kappa shape index (κ3) is 4.81. The van der Waals surface area contributed by atoms with E-state index in [-0.39, 0.29) is 22.5 Å². The predicted molar refractivity (Wildman–Crippen MR) is 125 cm³/mol. The molecule has 0 bridgehead atoms. The molecule has 30 heavy (non-hydrogen) atoms. The Hall–Kier alpha value is -2.87. The Balaban J connectivity index is 1.87. The van der Waals surface area contributed by atoms with Gasteiger partial charge < -0.3 is 4.74 Å². The topological polar surface area (TPSA) is 26.3 Å². The first-order valence-corrected chi connectivity index (χ1v) is 10.5. The normalized spacial score (nSPS) is 17.2. The Labute approximate surface area is 181 Å². The van der Waals surface area contributed by atoms with Crippen molar-refractivity contribution < 1.29 is 9.53 Å². The molecule has 0 heterocycles. The molecule has 0 radical (unpaired) electrons. The number of Topliss-reactive ketones (excluding diaryl/α,β-unsaturated/α-hetero) is 1. The van der Waals surface area contributed by atoms with Gasteiger partial charge in [0.05, 0.1) is 0 Å². The first-order valence-electron chi connectivity index (χ1n) is 10.5. The van der Waals surface area contributed by atoms with Crippen molar-refractivity contribution in [2.24, 2.45) is 10.8 Å². The average Bonchev–Trinajstić information content (AvgIpc) is 2.72. The molecule has 0 saturated carbocycles. The molecule has 2 nitrogen and oxygen atoms in total. The number of ketones is 1. The van der Waals surface area contributed by atoms with Gasteiger partial charge in [-0.25, -0.2) is 0 Å². The second kappa shape index (κ2) is 8.47. The van der Waals surface area contributed by atoms with Crippen LogP contribution in [0.1, 0.15) is 51.7 Å². The molecule has 0 aromatic heterocycles. The molecule has 0 aliphatic heterocycles.